The molecule has 0 aromatic carbocycles. The van der Waals surface area contributed by atoms with Crippen molar-refractivity contribution in [2.75, 3.05) is 25.0 Å². The van der Waals surface area contributed by atoms with Crippen molar-refractivity contribution in [2.45, 2.75) is 38.6 Å². The van der Waals surface area contributed by atoms with Gasteiger partial charge in [0.15, 0.2) is 0 Å². The zero-order valence-corrected chi connectivity index (χ0v) is 14.4. The lowest BCUT2D eigenvalue weighted by molar-refractivity contribution is 0.0957. The summed E-state index contributed by atoms with van der Waals surface area (Å²) >= 11 is 0. The van der Waals surface area contributed by atoms with Gasteiger partial charge in [0.05, 0.1) is 6.04 Å². The van der Waals surface area contributed by atoms with Crippen LogP contribution in [0.4, 0.5) is 5.82 Å². The van der Waals surface area contributed by atoms with Crippen molar-refractivity contribution in [1.82, 2.24) is 25.1 Å². The van der Waals surface area contributed by atoms with Gasteiger partial charge in [0, 0.05) is 38.4 Å². The van der Waals surface area contributed by atoms with E-state index in [0.29, 0.717) is 11.6 Å². The standard InChI is InChI=1S/C17H24N6O/c1-12(2)16-19-8-6-15(20-16)22-9-4-5-13(11-22)23-10-7-14(21-23)17(24)18-3/h6-8,10,12-13H,4-5,9,11H2,1-3H3,(H,18,24)/t13-/m1/s1. The Balaban J connectivity index is 1.76. The summed E-state index contributed by atoms with van der Waals surface area (Å²) in [4.78, 5) is 23.0. The van der Waals surface area contributed by atoms with Gasteiger partial charge in [-0.25, -0.2) is 9.97 Å². The molecule has 3 rings (SSSR count). The van der Waals surface area contributed by atoms with E-state index in [4.69, 9.17) is 4.98 Å². The normalized spacial score (nSPS) is 18.0. The van der Waals surface area contributed by atoms with Crippen LogP contribution in [-0.2, 0) is 0 Å². The van der Waals surface area contributed by atoms with Gasteiger partial charge >= 0.3 is 0 Å². The summed E-state index contributed by atoms with van der Waals surface area (Å²) in [6.45, 7) is 6.02. The van der Waals surface area contributed by atoms with Gasteiger partial charge in [-0.1, -0.05) is 13.8 Å². The molecule has 2 aromatic rings. The van der Waals surface area contributed by atoms with Crippen LogP contribution >= 0.6 is 0 Å². The van der Waals surface area contributed by atoms with E-state index in [0.717, 1.165) is 37.6 Å². The summed E-state index contributed by atoms with van der Waals surface area (Å²) in [5.74, 6) is 2.00. The van der Waals surface area contributed by atoms with Crippen molar-refractivity contribution in [3.05, 3.63) is 36.0 Å². The molecular formula is C17H24N6O. The highest BCUT2D eigenvalue weighted by Gasteiger charge is 2.24. The highest BCUT2D eigenvalue weighted by molar-refractivity contribution is 5.91. The second-order valence-electron chi connectivity index (χ2n) is 6.43. The van der Waals surface area contributed by atoms with Gasteiger partial charge in [0.2, 0.25) is 0 Å². The molecule has 0 radical (unpaired) electrons. The van der Waals surface area contributed by atoms with E-state index >= 15 is 0 Å². The lowest BCUT2D eigenvalue weighted by Gasteiger charge is -2.33. The Morgan fingerprint density at radius 2 is 2.21 bits per heavy atom. The van der Waals surface area contributed by atoms with Crippen molar-refractivity contribution >= 4 is 11.7 Å². The first-order chi connectivity index (χ1) is 11.6. The van der Waals surface area contributed by atoms with Crippen LogP contribution in [0.5, 0.6) is 0 Å². The summed E-state index contributed by atoms with van der Waals surface area (Å²) in [6, 6.07) is 3.97. The van der Waals surface area contributed by atoms with E-state index in [1.165, 1.54) is 0 Å². The second kappa shape index (κ2) is 6.98. The molecule has 0 bridgehead atoms. The minimum atomic E-state index is -0.154. The van der Waals surface area contributed by atoms with Crippen LogP contribution in [0.15, 0.2) is 24.5 Å². The Hall–Kier alpha value is -2.44. The molecule has 1 aliphatic rings. The molecule has 0 aliphatic carbocycles. The quantitative estimate of drug-likeness (QED) is 0.929. The van der Waals surface area contributed by atoms with E-state index in [1.807, 2.05) is 23.1 Å². The van der Waals surface area contributed by atoms with E-state index in [-0.39, 0.29) is 11.9 Å². The fourth-order valence-corrected chi connectivity index (χ4v) is 2.99. The number of hydrogen-bond donors (Lipinski definition) is 1. The average Bonchev–Trinajstić information content (AvgIpc) is 3.11. The highest BCUT2D eigenvalue weighted by atomic mass is 16.1. The smallest absolute Gasteiger partial charge is 0.271 e. The zero-order valence-electron chi connectivity index (χ0n) is 14.4. The molecule has 0 saturated carbocycles. The fraction of sp³-hybridized carbons (Fsp3) is 0.529. The molecule has 1 atom stereocenters. The monoisotopic (exact) mass is 328 g/mol. The molecule has 0 spiro atoms. The van der Waals surface area contributed by atoms with E-state index in [9.17, 15) is 4.79 Å². The number of carbonyl (C=O) groups excluding carboxylic acids is 1. The summed E-state index contributed by atoms with van der Waals surface area (Å²) in [5.41, 5.74) is 0.457. The first-order valence-corrected chi connectivity index (χ1v) is 8.43. The summed E-state index contributed by atoms with van der Waals surface area (Å²) in [7, 11) is 1.62. The van der Waals surface area contributed by atoms with Gasteiger partial charge in [-0.3, -0.25) is 9.48 Å². The molecule has 2 aromatic heterocycles. The molecule has 128 valence electrons. The second-order valence-corrected chi connectivity index (χ2v) is 6.43. The zero-order chi connectivity index (χ0) is 17.1. The molecule has 7 heteroatoms. The van der Waals surface area contributed by atoms with Gasteiger partial charge in [-0.15, -0.1) is 0 Å². The Morgan fingerprint density at radius 3 is 2.96 bits per heavy atom. The van der Waals surface area contributed by atoms with Gasteiger partial charge in [0.1, 0.15) is 17.3 Å². The van der Waals surface area contributed by atoms with Crippen LogP contribution in [0.2, 0.25) is 0 Å². The Bertz CT molecular complexity index is 711. The number of amides is 1. The molecule has 7 nitrogen and oxygen atoms in total. The maximum atomic E-state index is 11.7. The number of rotatable bonds is 4. The first kappa shape index (κ1) is 16.4. The molecule has 1 aliphatic heterocycles. The molecule has 3 heterocycles. The maximum absolute atomic E-state index is 11.7. The number of piperidine rings is 1. The molecule has 1 amide bonds. The topological polar surface area (TPSA) is 75.9 Å². The van der Waals surface area contributed by atoms with Crippen LogP contribution < -0.4 is 10.2 Å². The molecule has 0 unspecified atom stereocenters. The number of nitrogens with one attached hydrogen (secondary N) is 1. The van der Waals surface area contributed by atoms with Gasteiger partial charge in [-0.2, -0.15) is 5.10 Å². The molecule has 24 heavy (non-hydrogen) atoms. The molecule has 1 N–H and O–H groups in total. The highest BCUT2D eigenvalue weighted by Crippen LogP contribution is 2.25. The largest absolute Gasteiger partial charge is 0.354 e. The van der Waals surface area contributed by atoms with Crippen molar-refractivity contribution in [3.8, 4) is 0 Å². The third-order valence-corrected chi connectivity index (χ3v) is 4.34. The third kappa shape index (κ3) is 3.39. The lowest BCUT2D eigenvalue weighted by atomic mass is 10.1. The Kier molecular flexibility index (Phi) is 4.78. The van der Waals surface area contributed by atoms with E-state index in [1.54, 1.807) is 13.1 Å². The maximum Gasteiger partial charge on any atom is 0.271 e. The summed E-state index contributed by atoms with van der Waals surface area (Å²) < 4.78 is 1.90. The van der Waals surface area contributed by atoms with Crippen molar-refractivity contribution in [2.24, 2.45) is 0 Å². The molecule has 1 saturated heterocycles. The van der Waals surface area contributed by atoms with Crippen LogP contribution in [0.1, 0.15) is 55.0 Å². The van der Waals surface area contributed by atoms with E-state index in [2.05, 4.69) is 34.1 Å². The average molecular weight is 328 g/mol. The van der Waals surface area contributed by atoms with Gasteiger partial charge < -0.3 is 10.2 Å². The number of hydrogen-bond acceptors (Lipinski definition) is 5. The van der Waals surface area contributed by atoms with Crippen LogP contribution in [0.3, 0.4) is 0 Å². The van der Waals surface area contributed by atoms with Crippen LogP contribution in [0.25, 0.3) is 0 Å². The minimum Gasteiger partial charge on any atom is -0.354 e. The minimum absolute atomic E-state index is 0.154. The SMILES string of the molecule is CNC(=O)c1ccn([C@@H]2CCCN(c3ccnc(C(C)C)n3)C2)n1. The third-order valence-electron chi connectivity index (χ3n) is 4.34. The summed E-state index contributed by atoms with van der Waals surface area (Å²) in [6.07, 6.45) is 5.84. The van der Waals surface area contributed by atoms with Crippen LogP contribution in [0, 0.1) is 0 Å². The number of nitrogens with zero attached hydrogens (tertiary/aromatic N) is 5. The molecular weight excluding hydrogens is 304 g/mol. The van der Waals surface area contributed by atoms with Gasteiger partial charge in [0.25, 0.3) is 5.91 Å². The lowest BCUT2D eigenvalue weighted by Crippen LogP contribution is -2.37. The number of anilines is 1. The molecule has 1 fully saturated rings. The Labute approximate surface area is 142 Å². The first-order valence-electron chi connectivity index (χ1n) is 8.43. The van der Waals surface area contributed by atoms with Crippen molar-refractivity contribution < 1.29 is 4.79 Å². The van der Waals surface area contributed by atoms with Crippen molar-refractivity contribution in [3.63, 3.8) is 0 Å². The fourth-order valence-electron chi connectivity index (χ4n) is 2.99. The number of aromatic nitrogens is 4. The predicted molar refractivity (Wildman–Crippen MR) is 92.2 cm³/mol. The van der Waals surface area contributed by atoms with Gasteiger partial charge in [-0.05, 0) is 25.0 Å². The number of carbonyl (C=O) groups is 1. The Morgan fingerprint density at radius 1 is 1.38 bits per heavy atom. The predicted octanol–water partition coefficient (Wildman–Crippen LogP) is 2.00. The van der Waals surface area contributed by atoms with E-state index < -0.39 is 0 Å². The summed E-state index contributed by atoms with van der Waals surface area (Å²) in [5, 5.41) is 7.03. The van der Waals surface area contributed by atoms with Crippen molar-refractivity contribution in [1.29, 1.82) is 0 Å². The van der Waals surface area contributed by atoms with Crippen LogP contribution in [-0.4, -0.2) is 45.8 Å².